The van der Waals surface area contributed by atoms with Crippen LogP contribution >= 0.6 is 0 Å². The van der Waals surface area contributed by atoms with Gasteiger partial charge in [-0.15, -0.1) is 0 Å². The SMILES string of the molecule is CC(COCC(C)(C)F)C(=O)O. The minimum atomic E-state index is -1.39. The second kappa shape index (κ2) is 4.40. The van der Waals surface area contributed by atoms with Crippen LogP contribution < -0.4 is 0 Å². The van der Waals surface area contributed by atoms with Gasteiger partial charge in [-0.05, 0) is 20.8 Å². The van der Waals surface area contributed by atoms with Crippen LogP contribution in [0.1, 0.15) is 20.8 Å². The van der Waals surface area contributed by atoms with Crippen molar-refractivity contribution in [3.63, 3.8) is 0 Å². The minimum Gasteiger partial charge on any atom is -0.481 e. The van der Waals surface area contributed by atoms with E-state index in [1.807, 2.05) is 0 Å². The third-order valence-electron chi connectivity index (χ3n) is 1.23. The number of carboxylic acids is 1. The van der Waals surface area contributed by atoms with Crippen molar-refractivity contribution >= 4 is 5.97 Å². The molecular formula is C8H15FO3. The predicted octanol–water partition coefficient (Wildman–Crippen LogP) is 1.47. The molecule has 3 nitrogen and oxygen atoms in total. The highest BCUT2D eigenvalue weighted by Gasteiger charge is 2.17. The molecule has 0 aromatic carbocycles. The van der Waals surface area contributed by atoms with Crippen LogP contribution in [0, 0.1) is 5.92 Å². The molecule has 0 heterocycles. The maximum absolute atomic E-state index is 12.8. The first-order valence-electron chi connectivity index (χ1n) is 3.82. The zero-order chi connectivity index (χ0) is 9.78. The van der Waals surface area contributed by atoms with E-state index in [1.165, 1.54) is 20.8 Å². The lowest BCUT2D eigenvalue weighted by Crippen LogP contribution is -2.24. The van der Waals surface area contributed by atoms with Crippen LogP contribution in [0.25, 0.3) is 0 Å². The summed E-state index contributed by atoms with van der Waals surface area (Å²) in [6.07, 6.45) is 0. The molecule has 0 spiro atoms. The van der Waals surface area contributed by atoms with E-state index >= 15 is 0 Å². The first-order chi connectivity index (χ1) is 5.33. The molecular weight excluding hydrogens is 163 g/mol. The molecule has 0 saturated carbocycles. The fourth-order valence-electron chi connectivity index (χ4n) is 0.550. The average Bonchev–Trinajstić information content (AvgIpc) is 1.84. The van der Waals surface area contributed by atoms with Gasteiger partial charge in [0.05, 0.1) is 19.1 Å². The van der Waals surface area contributed by atoms with Gasteiger partial charge in [-0.3, -0.25) is 4.79 Å². The van der Waals surface area contributed by atoms with Gasteiger partial charge in [0.15, 0.2) is 0 Å². The van der Waals surface area contributed by atoms with Crippen LogP contribution in [0.3, 0.4) is 0 Å². The van der Waals surface area contributed by atoms with Crippen LogP contribution in [-0.4, -0.2) is 30.0 Å². The van der Waals surface area contributed by atoms with Gasteiger partial charge in [-0.1, -0.05) is 0 Å². The van der Waals surface area contributed by atoms with Gasteiger partial charge in [0.1, 0.15) is 5.67 Å². The van der Waals surface area contributed by atoms with E-state index < -0.39 is 17.6 Å². The van der Waals surface area contributed by atoms with Crippen molar-refractivity contribution in [2.45, 2.75) is 26.4 Å². The third kappa shape index (κ3) is 6.09. The third-order valence-corrected chi connectivity index (χ3v) is 1.23. The molecule has 12 heavy (non-hydrogen) atoms. The molecule has 0 bridgehead atoms. The van der Waals surface area contributed by atoms with Gasteiger partial charge in [-0.25, -0.2) is 4.39 Å². The van der Waals surface area contributed by atoms with Crippen molar-refractivity contribution in [2.75, 3.05) is 13.2 Å². The van der Waals surface area contributed by atoms with E-state index in [2.05, 4.69) is 0 Å². The maximum atomic E-state index is 12.8. The summed E-state index contributed by atoms with van der Waals surface area (Å²) < 4.78 is 17.6. The molecule has 1 unspecified atom stereocenters. The summed E-state index contributed by atoms with van der Waals surface area (Å²) in [4.78, 5) is 10.3. The lowest BCUT2D eigenvalue weighted by Gasteiger charge is -2.15. The van der Waals surface area contributed by atoms with E-state index in [0.717, 1.165) is 0 Å². The van der Waals surface area contributed by atoms with Crippen molar-refractivity contribution in [1.29, 1.82) is 0 Å². The molecule has 0 saturated heterocycles. The largest absolute Gasteiger partial charge is 0.481 e. The summed E-state index contributed by atoms with van der Waals surface area (Å²) >= 11 is 0. The highest BCUT2D eigenvalue weighted by atomic mass is 19.1. The van der Waals surface area contributed by atoms with E-state index in [0.29, 0.717) is 0 Å². The first-order valence-corrected chi connectivity index (χ1v) is 3.82. The second-order valence-electron chi connectivity index (χ2n) is 3.47. The van der Waals surface area contributed by atoms with Gasteiger partial charge in [0.2, 0.25) is 0 Å². The van der Waals surface area contributed by atoms with Crippen molar-refractivity contribution in [1.82, 2.24) is 0 Å². The average molecular weight is 178 g/mol. The number of hydrogen-bond donors (Lipinski definition) is 1. The Labute approximate surface area is 71.5 Å². The first kappa shape index (κ1) is 11.4. The van der Waals surface area contributed by atoms with E-state index in [-0.39, 0.29) is 13.2 Å². The number of aliphatic carboxylic acids is 1. The molecule has 0 aromatic rings. The second-order valence-corrected chi connectivity index (χ2v) is 3.47. The monoisotopic (exact) mass is 178 g/mol. The highest BCUT2D eigenvalue weighted by Crippen LogP contribution is 2.08. The summed E-state index contributed by atoms with van der Waals surface area (Å²) in [5, 5.41) is 8.44. The molecule has 1 atom stereocenters. The topological polar surface area (TPSA) is 46.5 Å². The fraction of sp³-hybridized carbons (Fsp3) is 0.875. The Morgan fingerprint density at radius 1 is 1.67 bits per heavy atom. The fourth-order valence-corrected chi connectivity index (χ4v) is 0.550. The van der Waals surface area contributed by atoms with Gasteiger partial charge >= 0.3 is 5.97 Å². The van der Waals surface area contributed by atoms with Gasteiger partial charge < -0.3 is 9.84 Å². The molecule has 1 N–H and O–H groups in total. The van der Waals surface area contributed by atoms with Crippen LogP contribution in [-0.2, 0) is 9.53 Å². The van der Waals surface area contributed by atoms with Crippen LogP contribution in [0.15, 0.2) is 0 Å². The summed E-state index contributed by atoms with van der Waals surface area (Å²) in [5.41, 5.74) is -1.39. The Kier molecular flexibility index (Phi) is 4.17. The molecule has 72 valence electrons. The quantitative estimate of drug-likeness (QED) is 0.693. The van der Waals surface area contributed by atoms with Gasteiger partial charge in [-0.2, -0.15) is 0 Å². The smallest absolute Gasteiger partial charge is 0.308 e. The number of rotatable bonds is 5. The molecule has 0 aliphatic carbocycles. The molecule has 0 amide bonds. The Hall–Kier alpha value is -0.640. The molecule has 0 aliphatic heterocycles. The number of carboxylic acid groups (broad SMARTS) is 1. The Bertz CT molecular complexity index is 151. The Morgan fingerprint density at radius 3 is 2.50 bits per heavy atom. The molecule has 0 aliphatic rings. The molecule has 0 radical (unpaired) electrons. The number of halogens is 1. The molecule has 0 rings (SSSR count). The van der Waals surface area contributed by atoms with Crippen molar-refractivity contribution in [3.05, 3.63) is 0 Å². The van der Waals surface area contributed by atoms with Crippen LogP contribution in [0.5, 0.6) is 0 Å². The van der Waals surface area contributed by atoms with Crippen molar-refractivity contribution in [3.8, 4) is 0 Å². The zero-order valence-corrected chi connectivity index (χ0v) is 7.63. The summed E-state index contributed by atoms with van der Waals surface area (Å²) in [7, 11) is 0. The van der Waals surface area contributed by atoms with E-state index in [9.17, 15) is 9.18 Å². The van der Waals surface area contributed by atoms with Gasteiger partial charge in [0, 0.05) is 0 Å². The number of carbonyl (C=O) groups is 1. The summed E-state index contributed by atoms with van der Waals surface area (Å²) in [5.74, 6) is -1.50. The van der Waals surface area contributed by atoms with Crippen molar-refractivity contribution in [2.24, 2.45) is 5.92 Å². The zero-order valence-electron chi connectivity index (χ0n) is 7.63. The number of hydrogen-bond acceptors (Lipinski definition) is 2. The highest BCUT2D eigenvalue weighted by molar-refractivity contribution is 5.69. The van der Waals surface area contributed by atoms with E-state index in [4.69, 9.17) is 9.84 Å². The lowest BCUT2D eigenvalue weighted by atomic mass is 10.2. The molecule has 0 aromatic heterocycles. The normalized spacial score (nSPS) is 14.3. The minimum absolute atomic E-state index is 0.0582. The standard InChI is InChI=1S/C8H15FO3/c1-6(7(10)11)4-12-5-8(2,3)9/h6H,4-5H2,1-3H3,(H,10,11). The van der Waals surface area contributed by atoms with Crippen LogP contribution in [0.2, 0.25) is 0 Å². The Balaban J connectivity index is 3.51. The Morgan fingerprint density at radius 2 is 2.17 bits per heavy atom. The van der Waals surface area contributed by atoms with Crippen LogP contribution in [0.4, 0.5) is 4.39 Å². The summed E-state index contributed by atoms with van der Waals surface area (Å²) in [6.45, 7) is 4.29. The summed E-state index contributed by atoms with van der Waals surface area (Å²) in [6, 6.07) is 0. The lowest BCUT2D eigenvalue weighted by molar-refractivity contribution is -0.143. The maximum Gasteiger partial charge on any atom is 0.308 e. The van der Waals surface area contributed by atoms with Gasteiger partial charge in [0.25, 0.3) is 0 Å². The number of alkyl halides is 1. The molecule has 0 fully saturated rings. The number of ether oxygens (including phenoxy) is 1. The predicted molar refractivity (Wildman–Crippen MR) is 42.8 cm³/mol. The molecule has 4 heteroatoms. The van der Waals surface area contributed by atoms with E-state index in [1.54, 1.807) is 0 Å². The van der Waals surface area contributed by atoms with Crippen molar-refractivity contribution < 1.29 is 19.0 Å².